The molecule has 0 radical (unpaired) electrons. The van der Waals surface area contributed by atoms with Crippen LogP contribution < -0.4 is 5.32 Å². The third-order valence-corrected chi connectivity index (χ3v) is 4.33. The topological polar surface area (TPSA) is 84.9 Å². The zero-order valence-electron chi connectivity index (χ0n) is 17.3. The fraction of sp³-hybridized carbons (Fsp3) is 0.571. The van der Waals surface area contributed by atoms with Crippen LogP contribution >= 0.6 is 0 Å². The summed E-state index contributed by atoms with van der Waals surface area (Å²) < 4.78 is 10.5. The molecule has 1 saturated heterocycles. The van der Waals surface area contributed by atoms with Crippen LogP contribution in [0.4, 0.5) is 10.5 Å². The number of amides is 2. The lowest BCUT2D eigenvalue weighted by Gasteiger charge is -2.32. The maximum absolute atomic E-state index is 12.2. The minimum absolute atomic E-state index is 0.312. The Hall–Kier alpha value is -2.57. The number of hydrogen-bond donors (Lipinski definition) is 1. The summed E-state index contributed by atoms with van der Waals surface area (Å²) in [6.07, 6.45) is 0.625. The van der Waals surface area contributed by atoms with Gasteiger partial charge < -0.3 is 19.7 Å². The van der Waals surface area contributed by atoms with Crippen LogP contribution in [0.1, 0.15) is 44.7 Å². The predicted octanol–water partition coefficient (Wildman–Crippen LogP) is 3.43. The van der Waals surface area contributed by atoms with E-state index in [1.54, 1.807) is 4.90 Å². The minimum Gasteiger partial charge on any atom is -0.455 e. The first-order valence-corrected chi connectivity index (χ1v) is 9.56. The van der Waals surface area contributed by atoms with Crippen molar-refractivity contribution in [3.63, 3.8) is 0 Å². The van der Waals surface area contributed by atoms with E-state index < -0.39 is 11.6 Å². The zero-order chi connectivity index (χ0) is 20.9. The van der Waals surface area contributed by atoms with Gasteiger partial charge in [0.25, 0.3) is 5.91 Å². The molecule has 1 N–H and O–H groups in total. The number of esters is 1. The summed E-state index contributed by atoms with van der Waals surface area (Å²) in [6.45, 7) is 9.90. The van der Waals surface area contributed by atoms with Gasteiger partial charge in [0.05, 0.1) is 5.92 Å². The van der Waals surface area contributed by atoms with Crippen molar-refractivity contribution >= 4 is 23.7 Å². The molecule has 0 bridgehead atoms. The Bertz CT molecular complexity index is 711. The molecule has 1 aliphatic heterocycles. The molecule has 0 unspecified atom stereocenters. The zero-order valence-corrected chi connectivity index (χ0v) is 17.3. The van der Waals surface area contributed by atoms with E-state index in [4.69, 9.17) is 9.47 Å². The minimum atomic E-state index is -0.546. The molecule has 28 heavy (non-hydrogen) atoms. The maximum Gasteiger partial charge on any atom is 0.410 e. The first-order valence-electron chi connectivity index (χ1n) is 9.56. The third kappa shape index (κ3) is 6.87. The van der Waals surface area contributed by atoms with E-state index in [0.29, 0.717) is 31.6 Å². The van der Waals surface area contributed by atoms with Gasteiger partial charge in [0, 0.05) is 18.8 Å². The molecule has 1 aromatic rings. The standard InChI is InChI=1S/C21H30N2O5/c1-14-10-15(2)12-17(11-14)22-18(24)13-27-19(25)16-6-8-23(9-7-16)20(26)28-21(3,4)5/h10-12,16H,6-9,13H2,1-5H3,(H,22,24). The van der Waals surface area contributed by atoms with Gasteiger partial charge in [-0.1, -0.05) is 6.07 Å². The molecule has 0 saturated carbocycles. The van der Waals surface area contributed by atoms with Crippen LogP contribution in [-0.4, -0.2) is 48.2 Å². The summed E-state index contributed by atoms with van der Waals surface area (Å²) in [4.78, 5) is 37.9. The lowest BCUT2D eigenvalue weighted by molar-refractivity contribution is -0.153. The van der Waals surface area contributed by atoms with E-state index in [0.717, 1.165) is 11.1 Å². The second-order valence-corrected chi connectivity index (χ2v) is 8.27. The van der Waals surface area contributed by atoms with Crippen LogP contribution in [0.3, 0.4) is 0 Å². The summed E-state index contributed by atoms with van der Waals surface area (Å²) in [6, 6.07) is 5.73. The normalized spacial score (nSPS) is 15.1. The van der Waals surface area contributed by atoms with Gasteiger partial charge in [-0.05, 0) is 70.7 Å². The van der Waals surface area contributed by atoms with Crippen molar-refractivity contribution in [3.05, 3.63) is 29.3 Å². The van der Waals surface area contributed by atoms with Gasteiger partial charge in [-0.3, -0.25) is 9.59 Å². The Morgan fingerprint density at radius 3 is 2.18 bits per heavy atom. The Balaban J connectivity index is 1.75. The number of rotatable bonds is 4. The van der Waals surface area contributed by atoms with Gasteiger partial charge >= 0.3 is 12.1 Å². The summed E-state index contributed by atoms with van der Waals surface area (Å²) in [5.41, 5.74) is 2.23. The number of carbonyl (C=O) groups is 3. The van der Waals surface area contributed by atoms with Crippen LogP contribution in [0.15, 0.2) is 18.2 Å². The molecule has 0 aromatic heterocycles. The van der Waals surface area contributed by atoms with Gasteiger partial charge in [0.2, 0.25) is 0 Å². The van der Waals surface area contributed by atoms with E-state index in [1.807, 2.05) is 52.8 Å². The highest BCUT2D eigenvalue weighted by Crippen LogP contribution is 2.21. The van der Waals surface area contributed by atoms with Crippen LogP contribution in [-0.2, 0) is 19.1 Å². The smallest absolute Gasteiger partial charge is 0.410 e. The lowest BCUT2D eigenvalue weighted by atomic mass is 9.97. The van der Waals surface area contributed by atoms with Gasteiger partial charge in [-0.25, -0.2) is 4.79 Å². The summed E-state index contributed by atoms with van der Waals surface area (Å²) in [5.74, 6) is -1.09. The monoisotopic (exact) mass is 390 g/mol. The summed E-state index contributed by atoms with van der Waals surface area (Å²) in [5, 5.41) is 2.74. The number of nitrogens with zero attached hydrogens (tertiary/aromatic N) is 1. The highest BCUT2D eigenvalue weighted by Gasteiger charge is 2.30. The molecule has 0 atom stereocenters. The van der Waals surface area contributed by atoms with Crippen molar-refractivity contribution in [2.24, 2.45) is 5.92 Å². The Morgan fingerprint density at radius 1 is 1.07 bits per heavy atom. The van der Waals surface area contributed by atoms with E-state index in [9.17, 15) is 14.4 Å². The number of hydrogen-bond acceptors (Lipinski definition) is 5. The average Bonchev–Trinajstić information content (AvgIpc) is 2.57. The summed E-state index contributed by atoms with van der Waals surface area (Å²) >= 11 is 0. The molecule has 2 amide bonds. The number of nitrogens with one attached hydrogen (secondary N) is 1. The van der Waals surface area contributed by atoms with E-state index in [-0.39, 0.29) is 24.5 Å². The van der Waals surface area contributed by atoms with Crippen LogP contribution in [0.25, 0.3) is 0 Å². The quantitative estimate of drug-likeness (QED) is 0.796. The molecule has 154 valence electrons. The third-order valence-electron chi connectivity index (χ3n) is 4.33. The molecule has 1 aromatic carbocycles. The first kappa shape index (κ1) is 21.7. The molecule has 1 heterocycles. The summed E-state index contributed by atoms with van der Waals surface area (Å²) in [7, 11) is 0. The van der Waals surface area contributed by atoms with Crippen molar-refractivity contribution in [1.82, 2.24) is 4.90 Å². The van der Waals surface area contributed by atoms with E-state index >= 15 is 0 Å². The van der Waals surface area contributed by atoms with Gasteiger partial charge in [-0.15, -0.1) is 0 Å². The van der Waals surface area contributed by atoms with E-state index in [1.165, 1.54) is 0 Å². The first-order chi connectivity index (χ1) is 13.0. The van der Waals surface area contributed by atoms with Crippen molar-refractivity contribution in [1.29, 1.82) is 0 Å². The highest BCUT2D eigenvalue weighted by molar-refractivity contribution is 5.93. The lowest BCUT2D eigenvalue weighted by Crippen LogP contribution is -2.43. The predicted molar refractivity (Wildman–Crippen MR) is 106 cm³/mol. The molecule has 1 aliphatic rings. The number of benzene rings is 1. The van der Waals surface area contributed by atoms with E-state index in [2.05, 4.69) is 5.32 Å². The number of likely N-dealkylation sites (tertiary alicyclic amines) is 1. The second-order valence-electron chi connectivity index (χ2n) is 8.27. The van der Waals surface area contributed by atoms with Gasteiger partial charge in [0.1, 0.15) is 5.60 Å². The van der Waals surface area contributed by atoms with Crippen molar-refractivity contribution < 1.29 is 23.9 Å². The number of piperidine rings is 1. The average molecular weight is 390 g/mol. The number of aryl methyl sites for hydroxylation is 2. The number of ether oxygens (including phenoxy) is 2. The van der Waals surface area contributed by atoms with Crippen molar-refractivity contribution in [2.45, 2.75) is 53.1 Å². The SMILES string of the molecule is Cc1cc(C)cc(NC(=O)COC(=O)C2CCN(C(=O)OC(C)(C)C)CC2)c1. The number of anilines is 1. The molecule has 7 nitrogen and oxygen atoms in total. The fourth-order valence-electron chi connectivity index (χ4n) is 3.12. The van der Waals surface area contributed by atoms with Crippen molar-refractivity contribution in [3.8, 4) is 0 Å². The van der Waals surface area contributed by atoms with Gasteiger partial charge in [-0.2, -0.15) is 0 Å². The molecular formula is C21H30N2O5. The van der Waals surface area contributed by atoms with Crippen LogP contribution in [0.2, 0.25) is 0 Å². The number of carbonyl (C=O) groups excluding carboxylic acids is 3. The Kier molecular flexibility index (Phi) is 7.05. The molecule has 7 heteroatoms. The molecule has 1 fully saturated rings. The van der Waals surface area contributed by atoms with Gasteiger partial charge in [0.15, 0.2) is 6.61 Å². The Morgan fingerprint density at radius 2 is 1.64 bits per heavy atom. The Labute approximate surface area is 166 Å². The largest absolute Gasteiger partial charge is 0.455 e. The van der Waals surface area contributed by atoms with Crippen LogP contribution in [0.5, 0.6) is 0 Å². The van der Waals surface area contributed by atoms with Crippen molar-refractivity contribution in [2.75, 3.05) is 25.0 Å². The molecule has 0 aliphatic carbocycles. The molecule has 0 spiro atoms. The second kappa shape index (κ2) is 9.08. The highest BCUT2D eigenvalue weighted by atomic mass is 16.6. The molecular weight excluding hydrogens is 360 g/mol. The molecule has 2 rings (SSSR count). The fourth-order valence-corrected chi connectivity index (χ4v) is 3.12. The van der Waals surface area contributed by atoms with Crippen LogP contribution in [0, 0.1) is 19.8 Å². The maximum atomic E-state index is 12.2.